The minimum Gasteiger partial charge on any atom is -0.481 e. The van der Waals surface area contributed by atoms with E-state index in [2.05, 4.69) is 10.6 Å². The Kier molecular flexibility index (Phi) is 10.3. The second kappa shape index (κ2) is 15.0. The molecule has 0 saturated carbocycles. The number of fused-ring (bicyclic) bond motifs is 1. The van der Waals surface area contributed by atoms with Crippen LogP contribution < -0.4 is 20.9 Å². The van der Waals surface area contributed by atoms with Crippen LogP contribution in [-0.4, -0.2) is 69.0 Å². The maximum Gasteiger partial charge on any atom is 0.307 e. The number of aliphatic carboxylic acids is 1. The zero-order valence-electron chi connectivity index (χ0n) is 28.8. The molecule has 0 unspecified atom stereocenters. The molecular weight excluding hydrogens is 703 g/mol. The van der Waals surface area contributed by atoms with Crippen LogP contribution in [-0.2, 0) is 22.7 Å². The van der Waals surface area contributed by atoms with Crippen molar-refractivity contribution in [2.75, 3.05) is 26.7 Å². The van der Waals surface area contributed by atoms with Gasteiger partial charge in [-0.1, -0.05) is 65.7 Å². The first-order valence-electron chi connectivity index (χ1n) is 17.2. The van der Waals surface area contributed by atoms with Crippen LogP contribution in [0.25, 0.3) is 39.2 Å². The molecule has 0 bridgehead atoms. The molecule has 52 heavy (non-hydrogen) atoms. The van der Waals surface area contributed by atoms with E-state index in [1.54, 1.807) is 13.3 Å². The van der Waals surface area contributed by atoms with Gasteiger partial charge in [0, 0.05) is 78.3 Å². The van der Waals surface area contributed by atoms with E-state index in [9.17, 15) is 19.5 Å². The number of aromatic nitrogens is 3. The molecule has 1 amide bonds. The number of likely N-dealkylation sites (tertiary alicyclic amines) is 1. The summed E-state index contributed by atoms with van der Waals surface area (Å²) in [6.07, 6.45) is 3.65. The molecule has 2 atom stereocenters. The highest BCUT2D eigenvalue weighted by Gasteiger charge is 2.29. The predicted molar refractivity (Wildman–Crippen MR) is 201 cm³/mol. The van der Waals surface area contributed by atoms with Crippen molar-refractivity contribution in [1.82, 2.24) is 29.9 Å². The van der Waals surface area contributed by atoms with Crippen LogP contribution in [0.1, 0.15) is 36.1 Å². The highest BCUT2D eigenvalue weighted by atomic mass is 35.5. The second-order valence-electron chi connectivity index (χ2n) is 13.3. The van der Waals surface area contributed by atoms with E-state index in [-0.39, 0.29) is 17.5 Å². The maximum atomic E-state index is 13.6. The van der Waals surface area contributed by atoms with Gasteiger partial charge in [-0.3, -0.25) is 23.7 Å². The molecule has 3 aromatic heterocycles. The molecule has 13 heteroatoms. The number of nitrogens with one attached hydrogen (secondary N) is 2. The van der Waals surface area contributed by atoms with Crippen molar-refractivity contribution in [2.45, 2.75) is 45.3 Å². The average Bonchev–Trinajstić information content (AvgIpc) is 3.79. The third-order valence-corrected chi connectivity index (χ3v) is 10.7. The third-order valence-electron chi connectivity index (χ3n) is 9.93. The fourth-order valence-corrected chi connectivity index (χ4v) is 7.74. The molecule has 2 saturated heterocycles. The number of pyridine rings is 2. The van der Waals surface area contributed by atoms with Gasteiger partial charge in [0.15, 0.2) is 0 Å². The van der Waals surface area contributed by atoms with Crippen LogP contribution in [0.2, 0.25) is 10.0 Å². The SMILES string of the molecule is COc1nc(-c2cccc(-c3cccc(-c4ccn5c(=O)c(CN6CC[C@H](C(=O)O)C6)c(C)nc5c4)c3Cl)c2Cl)ccc1CNC[C@H]1CCC(=O)N1. The number of ether oxygens (including phenoxy) is 1. The summed E-state index contributed by atoms with van der Waals surface area (Å²) in [5.41, 5.74) is 6.74. The third kappa shape index (κ3) is 7.14. The van der Waals surface area contributed by atoms with Gasteiger partial charge in [-0.25, -0.2) is 9.97 Å². The van der Waals surface area contributed by atoms with E-state index < -0.39 is 11.9 Å². The van der Waals surface area contributed by atoms with Gasteiger partial charge in [-0.05, 0) is 50.1 Å². The number of halogens is 2. The van der Waals surface area contributed by atoms with E-state index >= 15 is 0 Å². The van der Waals surface area contributed by atoms with Gasteiger partial charge in [0.1, 0.15) is 5.65 Å². The lowest BCUT2D eigenvalue weighted by Gasteiger charge is -2.17. The standard InChI is InChI=1S/C39H38Cl2N6O5/c1-22-31(21-46-15-13-25(20-46)39(50)51)38(49)47-16-14-23(17-33(47)43-22)27-5-3-6-28(35(27)40)29-7-4-8-30(36(29)41)32-11-9-24(37(45-32)52-2)18-42-19-26-10-12-34(48)44-26/h3-9,11,14,16-17,25-26,42H,10,12-13,15,18-21H2,1-2H3,(H,44,48)(H,50,51)/t25-,26+/m0/s1. The lowest BCUT2D eigenvalue weighted by atomic mass is 9.97. The molecule has 7 rings (SSSR count). The maximum absolute atomic E-state index is 13.6. The van der Waals surface area contributed by atoms with Crippen molar-refractivity contribution >= 4 is 40.7 Å². The topological polar surface area (TPSA) is 138 Å². The monoisotopic (exact) mass is 740 g/mol. The Morgan fingerprint density at radius 2 is 1.73 bits per heavy atom. The number of methoxy groups -OCH3 is 1. The summed E-state index contributed by atoms with van der Waals surface area (Å²) in [4.78, 5) is 48.1. The van der Waals surface area contributed by atoms with Crippen LogP contribution in [0.5, 0.6) is 5.88 Å². The number of carboxylic acids is 1. The van der Waals surface area contributed by atoms with E-state index in [4.69, 9.17) is 37.9 Å². The minimum atomic E-state index is -0.807. The zero-order chi connectivity index (χ0) is 36.5. The molecule has 3 N–H and O–H groups in total. The average molecular weight is 742 g/mol. The van der Waals surface area contributed by atoms with Crippen molar-refractivity contribution in [3.05, 3.63) is 104 Å². The van der Waals surface area contributed by atoms with Gasteiger partial charge < -0.3 is 20.5 Å². The number of benzene rings is 2. The van der Waals surface area contributed by atoms with Gasteiger partial charge in [-0.15, -0.1) is 0 Å². The smallest absolute Gasteiger partial charge is 0.307 e. The van der Waals surface area contributed by atoms with Crippen molar-refractivity contribution in [1.29, 1.82) is 0 Å². The molecule has 0 radical (unpaired) electrons. The summed E-state index contributed by atoms with van der Waals surface area (Å²) < 4.78 is 7.17. The molecule has 5 heterocycles. The van der Waals surface area contributed by atoms with Crippen molar-refractivity contribution in [2.24, 2.45) is 5.92 Å². The number of hydrogen-bond donors (Lipinski definition) is 3. The van der Waals surface area contributed by atoms with E-state index in [1.165, 1.54) is 4.40 Å². The fraction of sp³-hybridized carbons (Fsp3) is 0.308. The Morgan fingerprint density at radius 3 is 2.42 bits per heavy atom. The Balaban J connectivity index is 1.14. The first-order valence-corrected chi connectivity index (χ1v) is 18.0. The Morgan fingerprint density at radius 1 is 1.00 bits per heavy atom. The Hall–Kier alpha value is -4.81. The van der Waals surface area contributed by atoms with Crippen LogP contribution in [0.15, 0.2) is 71.7 Å². The van der Waals surface area contributed by atoms with Crippen LogP contribution in [0.4, 0.5) is 0 Å². The number of carboxylic acid groups (broad SMARTS) is 1. The van der Waals surface area contributed by atoms with Gasteiger partial charge in [0.05, 0.1) is 34.3 Å². The molecule has 2 aliphatic rings. The summed E-state index contributed by atoms with van der Waals surface area (Å²) >= 11 is 14.2. The molecule has 2 aliphatic heterocycles. The van der Waals surface area contributed by atoms with E-state index in [1.807, 2.05) is 72.5 Å². The first-order chi connectivity index (χ1) is 25.1. The number of rotatable bonds is 11. The summed E-state index contributed by atoms with van der Waals surface area (Å²) in [5.74, 6) is -0.656. The largest absolute Gasteiger partial charge is 0.481 e. The molecule has 268 valence electrons. The van der Waals surface area contributed by atoms with E-state index in [0.717, 1.165) is 39.8 Å². The molecule has 2 fully saturated rings. The molecular formula is C39H38Cl2N6O5. The number of hydrogen-bond acceptors (Lipinski definition) is 8. The summed E-state index contributed by atoms with van der Waals surface area (Å²) in [5, 5.41) is 16.7. The Bertz CT molecular complexity index is 2260. The predicted octanol–water partition coefficient (Wildman–Crippen LogP) is 5.99. The van der Waals surface area contributed by atoms with Crippen molar-refractivity contribution in [3.8, 4) is 39.4 Å². The number of aryl methyl sites for hydroxylation is 1. The second-order valence-corrected chi connectivity index (χ2v) is 14.1. The number of amides is 1. The molecule has 0 spiro atoms. The fourth-order valence-electron chi connectivity index (χ4n) is 7.08. The minimum absolute atomic E-state index is 0.0881. The Labute approximate surface area is 310 Å². The highest BCUT2D eigenvalue weighted by molar-refractivity contribution is 6.39. The van der Waals surface area contributed by atoms with Crippen LogP contribution in [0, 0.1) is 12.8 Å². The normalized spacial score (nSPS) is 17.5. The van der Waals surface area contributed by atoms with Gasteiger partial charge in [0.25, 0.3) is 5.56 Å². The van der Waals surface area contributed by atoms with Gasteiger partial charge >= 0.3 is 5.97 Å². The summed E-state index contributed by atoms with van der Waals surface area (Å²) in [6.45, 7) is 4.40. The van der Waals surface area contributed by atoms with Crippen LogP contribution >= 0.6 is 23.2 Å². The summed E-state index contributed by atoms with van der Waals surface area (Å²) in [7, 11) is 1.58. The van der Waals surface area contributed by atoms with E-state index in [0.29, 0.717) is 84.1 Å². The lowest BCUT2D eigenvalue weighted by Crippen LogP contribution is -2.35. The summed E-state index contributed by atoms with van der Waals surface area (Å²) in [6, 6.07) is 19.2. The quantitative estimate of drug-likeness (QED) is 0.149. The molecule has 11 nitrogen and oxygen atoms in total. The first kappa shape index (κ1) is 35.6. The van der Waals surface area contributed by atoms with Gasteiger partial charge in [-0.2, -0.15) is 0 Å². The van der Waals surface area contributed by atoms with Crippen molar-refractivity contribution in [3.63, 3.8) is 0 Å². The zero-order valence-corrected chi connectivity index (χ0v) is 30.3. The highest BCUT2D eigenvalue weighted by Crippen LogP contribution is 2.42. The number of carbonyl (C=O) groups is 2. The molecule has 0 aliphatic carbocycles. The van der Waals surface area contributed by atoms with Gasteiger partial charge in [0.2, 0.25) is 11.8 Å². The molecule has 2 aromatic carbocycles. The van der Waals surface area contributed by atoms with Crippen molar-refractivity contribution < 1.29 is 19.4 Å². The number of carbonyl (C=O) groups excluding carboxylic acids is 1. The van der Waals surface area contributed by atoms with Crippen LogP contribution in [0.3, 0.4) is 0 Å². The number of nitrogens with zero attached hydrogens (tertiary/aromatic N) is 4. The molecule has 5 aromatic rings. The lowest BCUT2D eigenvalue weighted by molar-refractivity contribution is -0.141.